The molecule has 0 unspecified atom stereocenters. The van der Waals surface area contributed by atoms with Crippen molar-refractivity contribution >= 4 is 27.5 Å². The van der Waals surface area contributed by atoms with E-state index >= 15 is 0 Å². The third-order valence-electron chi connectivity index (χ3n) is 5.93. The van der Waals surface area contributed by atoms with Crippen molar-refractivity contribution in [2.24, 2.45) is 0 Å². The number of piperidine rings is 1. The van der Waals surface area contributed by atoms with E-state index in [0.717, 1.165) is 43.4 Å². The van der Waals surface area contributed by atoms with E-state index in [9.17, 15) is 14.4 Å². The van der Waals surface area contributed by atoms with Crippen LogP contribution in [0.1, 0.15) is 43.7 Å². The quantitative estimate of drug-likeness (QED) is 0.641. The number of thiophene rings is 1. The van der Waals surface area contributed by atoms with Crippen molar-refractivity contribution in [3.8, 4) is 5.69 Å². The Bertz CT molecular complexity index is 1200. The fourth-order valence-corrected chi connectivity index (χ4v) is 5.35. The number of nitrogens with zero attached hydrogens (tertiary/aromatic N) is 3. The summed E-state index contributed by atoms with van der Waals surface area (Å²) >= 11 is 1.30. The van der Waals surface area contributed by atoms with E-state index in [2.05, 4.69) is 6.92 Å². The van der Waals surface area contributed by atoms with Crippen molar-refractivity contribution in [2.75, 3.05) is 6.54 Å². The number of likely N-dealkylation sites (tertiary alicyclic amines) is 1. The molecule has 6 nitrogen and oxygen atoms in total. The van der Waals surface area contributed by atoms with E-state index in [-0.39, 0.29) is 24.1 Å². The average molecular weight is 426 g/mol. The smallest absolute Gasteiger partial charge is 0.336 e. The topological polar surface area (TPSA) is 64.3 Å². The van der Waals surface area contributed by atoms with Gasteiger partial charge in [0.15, 0.2) is 0 Å². The summed E-state index contributed by atoms with van der Waals surface area (Å²) in [6.07, 6.45) is 4.05. The van der Waals surface area contributed by atoms with Gasteiger partial charge in [0, 0.05) is 12.6 Å². The molecule has 0 N–H and O–H groups in total. The Morgan fingerprint density at radius 2 is 1.87 bits per heavy atom. The molecule has 1 atom stereocenters. The highest BCUT2D eigenvalue weighted by atomic mass is 32.1. The van der Waals surface area contributed by atoms with E-state index in [4.69, 9.17) is 0 Å². The number of benzene rings is 1. The van der Waals surface area contributed by atoms with Crippen LogP contribution in [-0.4, -0.2) is 32.5 Å². The maximum atomic E-state index is 13.5. The van der Waals surface area contributed by atoms with E-state index in [0.29, 0.717) is 15.9 Å². The summed E-state index contributed by atoms with van der Waals surface area (Å²) < 4.78 is 3.17. The molecule has 7 heteroatoms. The number of aryl methyl sites for hydroxylation is 2. The van der Waals surface area contributed by atoms with Crippen LogP contribution in [0.15, 0.2) is 39.2 Å². The second kappa shape index (κ2) is 8.22. The summed E-state index contributed by atoms with van der Waals surface area (Å²) in [5.41, 5.74) is 2.24. The Labute approximate surface area is 179 Å². The molecule has 2 aromatic heterocycles. The zero-order valence-corrected chi connectivity index (χ0v) is 18.5. The second-order valence-electron chi connectivity index (χ2n) is 8.14. The first kappa shape index (κ1) is 20.6. The Kier molecular flexibility index (Phi) is 5.64. The molecule has 0 saturated carbocycles. The van der Waals surface area contributed by atoms with Crippen LogP contribution in [0.3, 0.4) is 0 Å². The molecule has 0 aliphatic carbocycles. The summed E-state index contributed by atoms with van der Waals surface area (Å²) in [5, 5.41) is 1.80. The summed E-state index contributed by atoms with van der Waals surface area (Å²) in [5.74, 6) is -0.0539. The van der Waals surface area contributed by atoms with Gasteiger partial charge in [-0.15, -0.1) is 11.3 Å². The van der Waals surface area contributed by atoms with E-state index in [1.54, 1.807) is 11.4 Å². The Morgan fingerprint density at radius 3 is 2.57 bits per heavy atom. The van der Waals surface area contributed by atoms with Crippen molar-refractivity contribution < 1.29 is 4.79 Å². The Hall–Kier alpha value is -2.67. The number of aromatic nitrogens is 2. The molecule has 4 rings (SSSR count). The minimum atomic E-state index is -0.464. The minimum Gasteiger partial charge on any atom is -0.338 e. The summed E-state index contributed by atoms with van der Waals surface area (Å²) in [6.45, 7) is 6.66. The average Bonchev–Trinajstić information content (AvgIpc) is 3.20. The molecule has 0 spiro atoms. The molecule has 158 valence electrons. The molecule has 3 heterocycles. The number of rotatable bonds is 4. The number of fused-ring (bicyclic) bond motifs is 1. The predicted octanol–water partition coefficient (Wildman–Crippen LogP) is 3.62. The highest BCUT2D eigenvalue weighted by molar-refractivity contribution is 7.17. The van der Waals surface area contributed by atoms with Crippen LogP contribution in [0.2, 0.25) is 0 Å². The maximum Gasteiger partial charge on any atom is 0.336 e. The molecule has 1 aliphatic heterocycles. The first-order valence-electron chi connectivity index (χ1n) is 10.5. The molecule has 3 aromatic rings. The number of hydrogen-bond donors (Lipinski definition) is 0. The van der Waals surface area contributed by atoms with E-state index in [1.807, 2.05) is 36.9 Å². The second-order valence-corrected chi connectivity index (χ2v) is 9.05. The molecule has 1 saturated heterocycles. The van der Waals surface area contributed by atoms with Gasteiger partial charge < -0.3 is 4.90 Å². The van der Waals surface area contributed by atoms with Gasteiger partial charge in [-0.2, -0.15) is 0 Å². The van der Waals surface area contributed by atoms with Crippen molar-refractivity contribution in [2.45, 2.75) is 59.0 Å². The third-order valence-corrected chi connectivity index (χ3v) is 6.82. The van der Waals surface area contributed by atoms with Gasteiger partial charge in [0.25, 0.3) is 5.56 Å². The number of amides is 1. The van der Waals surface area contributed by atoms with Crippen LogP contribution >= 0.6 is 11.3 Å². The lowest BCUT2D eigenvalue weighted by Crippen LogP contribution is -2.47. The van der Waals surface area contributed by atoms with Gasteiger partial charge in [-0.25, -0.2) is 9.36 Å². The van der Waals surface area contributed by atoms with Gasteiger partial charge in [-0.1, -0.05) is 13.0 Å². The van der Waals surface area contributed by atoms with Gasteiger partial charge in [0.1, 0.15) is 11.2 Å². The minimum absolute atomic E-state index is 0.0480. The SMILES string of the molecule is CC[C@H]1CCCCN1C(=O)Cn1c(=O)n(-c2cc(C)cc(C)c2)c(=O)c2sccc21. The van der Waals surface area contributed by atoms with Gasteiger partial charge >= 0.3 is 5.69 Å². The lowest BCUT2D eigenvalue weighted by molar-refractivity contribution is -0.135. The molecular weight excluding hydrogens is 398 g/mol. The van der Waals surface area contributed by atoms with Gasteiger partial charge in [0.2, 0.25) is 5.91 Å². The molecule has 0 radical (unpaired) electrons. The zero-order valence-electron chi connectivity index (χ0n) is 17.7. The number of carbonyl (C=O) groups is 1. The molecule has 1 aromatic carbocycles. The van der Waals surface area contributed by atoms with E-state index in [1.165, 1.54) is 20.5 Å². The van der Waals surface area contributed by atoms with Crippen LogP contribution in [0, 0.1) is 13.8 Å². The lowest BCUT2D eigenvalue weighted by atomic mass is 10.00. The van der Waals surface area contributed by atoms with Crippen molar-refractivity contribution in [1.82, 2.24) is 14.0 Å². The summed E-state index contributed by atoms with van der Waals surface area (Å²) in [4.78, 5) is 41.7. The Morgan fingerprint density at radius 1 is 1.13 bits per heavy atom. The van der Waals surface area contributed by atoms with Crippen molar-refractivity contribution in [1.29, 1.82) is 0 Å². The fourth-order valence-electron chi connectivity index (χ4n) is 4.53. The summed E-state index contributed by atoms with van der Waals surface area (Å²) in [7, 11) is 0. The zero-order chi connectivity index (χ0) is 21.4. The normalized spacial score (nSPS) is 16.9. The lowest BCUT2D eigenvalue weighted by Gasteiger charge is -2.35. The highest BCUT2D eigenvalue weighted by Gasteiger charge is 2.27. The highest BCUT2D eigenvalue weighted by Crippen LogP contribution is 2.21. The molecule has 1 fully saturated rings. The van der Waals surface area contributed by atoms with E-state index < -0.39 is 5.69 Å². The van der Waals surface area contributed by atoms with Crippen molar-refractivity contribution in [3.05, 3.63) is 61.6 Å². The molecular formula is C23H27N3O3S. The van der Waals surface area contributed by atoms with Crippen LogP contribution in [0.25, 0.3) is 15.9 Å². The van der Waals surface area contributed by atoms with Gasteiger partial charge in [-0.3, -0.25) is 14.2 Å². The fraction of sp³-hybridized carbons (Fsp3) is 0.435. The largest absolute Gasteiger partial charge is 0.338 e. The standard InChI is InChI=1S/C23H27N3O3S/c1-4-17-7-5-6-9-24(17)20(27)14-25-19-8-10-30-21(19)22(28)26(23(25)29)18-12-15(2)11-16(3)13-18/h8,10-13,17H,4-7,9,14H2,1-3H3/t17-/m0/s1. The first-order chi connectivity index (χ1) is 14.4. The molecule has 30 heavy (non-hydrogen) atoms. The molecule has 1 amide bonds. The molecule has 1 aliphatic rings. The first-order valence-corrected chi connectivity index (χ1v) is 11.4. The number of hydrogen-bond acceptors (Lipinski definition) is 4. The van der Waals surface area contributed by atoms with Crippen LogP contribution in [0.4, 0.5) is 0 Å². The van der Waals surface area contributed by atoms with Crippen LogP contribution in [0.5, 0.6) is 0 Å². The van der Waals surface area contributed by atoms with Crippen LogP contribution in [-0.2, 0) is 11.3 Å². The predicted molar refractivity (Wildman–Crippen MR) is 121 cm³/mol. The number of carbonyl (C=O) groups excluding carboxylic acids is 1. The Balaban J connectivity index is 1.84. The van der Waals surface area contributed by atoms with Gasteiger partial charge in [0.05, 0.1) is 11.2 Å². The van der Waals surface area contributed by atoms with Gasteiger partial charge in [-0.05, 0) is 74.2 Å². The monoisotopic (exact) mass is 425 g/mol. The molecule has 0 bridgehead atoms. The third kappa shape index (κ3) is 3.62. The summed E-state index contributed by atoms with van der Waals surface area (Å²) in [6, 6.07) is 7.65. The van der Waals surface area contributed by atoms with Crippen molar-refractivity contribution in [3.63, 3.8) is 0 Å². The van der Waals surface area contributed by atoms with Crippen LogP contribution < -0.4 is 11.2 Å². The maximum absolute atomic E-state index is 13.5.